The highest BCUT2D eigenvalue weighted by atomic mass is 16.6. The highest BCUT2D eigenvalue weighted by Crippen LogP contribution is 2.38. The van der Waals surface area contributed by atoms with Gasteiger partial charge in [0, 0.05) is 12.1 Å². The first-order valence-electron chi connectivity index (χ1n) is 9.76. The van der Waals surface area contributed by atoms with Crippen LogP contribution in [0.25, 0.3) is 0 Å². The van der Waals surface area contributed by atoms with Gasteiger partial charge in [0.1, 0.15) is 0 Å². The van der Waals surface area contributed by atoms with Crippen molar-refractivity contribution in [2.75, 3.05) is 7.05 Å². The van der Waals surface area contributed by atoms with Crippen LogP contribution >= 0.6 is 0 Å². The Morgan fingerprint density at radius 1 is 0.969 bits per heavy atom. The van der Waals surface area contributed by atoms with Gasteiger partial charge in [-0.3, -0.25) is 35.2 Å². The first kappa shape index (κ1) is 24.4. The minimum absolute atomic E-state index is 0.447. The van der Waals surface area contributed by atoms with E-state index in [4.69, 9.17) is 5.11 Å². The molecule has 0 saturated heterocycles. The maximum absolute atomic E-state index is 10.4. The van der Waals surface area contributed by atoms with Crippen LogP contribution in [-0.2, 0) is 6.42 Å². The van der Waals surface area contributed by atoms with E-state index in [2.05, 4.69) is 62.2 Å². The molecule has 0 amide bonds. The van der Waals surface area contributed by atoms with E-state index in [9.17, 15) is 30.3 Å². The Hall–Kier alpha value is -3.86. The minimum atomic E-state index is -1.21. The number of rotatable bonds is 5. The van der Waals surface area contributed by atoms with Crippen LogP contribution in [0.2, 0.25) is 0 Å². The molecule has 0 spiro atoms. The molecule has 170 valence electrons. The van der Waals surface area contributed by atoms with E-state index in [0.29, 0.717) is 24.2 Å². The first-order chi connectivity index (χ1) is 15.0. The van der Waals surface area contributed by atoms with Crippen LogP contribution in [-0.4, -0.2) is 43.9 Å². The molecule has 0 fully saturated rings. The van der Waals surface area contributed by atoms with Gasteiger partial charge in [0.25, 0.3) is 11.4 Å². The zero-order chi connectivity index (χ0) is 24.0. The molecule has 1 aliphatic rings. The number of likely N-dealkylation sites (N-methyl/N-ethyl adjacent to an activating group) is 1. The van der Waals surface area contributed by atoms with E-state index in [1.54, 1.807) is 5.57 Å². The summed E-state index contributed by atoms with van der Waals surface area (Å²) >= 11 is 0. The SMILES string of the molecule is CC1C=C(Cc2ccccc2)CC(C)N1C.O=[N+]([O-])c1cc([N+](=O)[O-])c(O)c([N+](=O)[O-])c1. The zero-order valence-corrected chi connectivity index (χ0v) is 17.9. The Bertz CT molecular complexity index is 1000. The zero-order valence-electron chi connectivity index (χ0n) is 17.9. The average Bonchev–Trinajstić information content (AvgIpc) is 2.72. The summed E-state index contributed by atoms with van der Waals surface area (Å²) < 4.78 is 0. The summed E-state index contributed by atoms with van der Waals surface area (Å²) in [7, 11) is 2.21. The molecule has 32 heavy (non-hydrogen) atoms. The number of hydrogen-bond donors (Lipinski definition) is 1. The fraction of sp³-hybridized carbons (Fsp3) is 0.333. The number of phenols is 1. The smallest absolute Gasteiger partial charge is 0.324 e. The molecule has 0 aromatic heterocycles. The molecule has 11 heteroatoms. The lowest BCUT2D eigenvalue weighted by Crippen LogP contribution is -2.39. The molecule has 1 aliphatic heterocycles. The molecule has 0 aliphatic carbocycles. The van der Waals surface area contributed by atoms with Crippen molar-refractivity contribution < 1.29 is 19.9 Å². The normalized spacial score (nSPS) is 18.2. The van der Waals surface area contributed by atoms with Crippen molar-refractivity contribution in [2.24, 2.45) is 0 Å². The quantitative estimate of drug-likeness (QED) is 0.405. The molecular weight excluding hydrogens is 420 g/mol. The highest BCUT2D eigenvalue weighted by Gasteiger charge is 2.30. The van der Waals surface area contributed by atoms with E-state index in [1.165, 1.54) is 12.0 Å². The van der Waals surface area contributed by atoms with E-state index < -0.39 is 37.6 Å². The van der Waals surface area contributed by atoms with Gasteiger partial charge in [-0.2, -0.15) is 0 Å². The van der Waals surface area contributed by atoms with Crippen LogP contribution < -0.4 is 0 Å². The third kappa shape index (κ3) is 6.08. The monoisotopic (exact) mass is 444 g/mol. The van der Waals surface area contributed by atoms with Crippen molar-refractivity contribution in [2.45, 2.75) is 38.8 Å². The fourth-order valence-corrected chi connectivity index (χ4v) is 3.41. The second kappa shape index (κ2) is 10.4. The van der Waals surface area contributed by atoms with E-state index in [1.807, 2.05) is 0 Å². The molecule has 3 rings (SSSR count). The van der Waals surface area contributed by atoms with Gasteiger partial charge in [0.15, 0.2) is 0 Å². The Morgan fingerprint density at radius 3 is 1.94 bits per heavy atom. The van der Waals surface area contributed by atoms with Crippen LogP contribution in [0.5, 0.6) is 5.75 Å². The second-order valence-corrected chi connectivity index (χ2v) is 7.55. The number of benzene rings is 2. The lowest BCUT2D eigenvalue weighted by molar-refractivity contribution is -0.404. The van der Waals surface area contributed by atoms with Gasteiger partial charge in [0.05, 0.1) is 26.9 Å². The van der Waals surface area contributed by atoms with Crippen molar-refractivity contribution in [3.63, 3.8) is 0 Å². The van der Waals surface area contributed by atoms with Crippen molar-refractivity contribution >= 4 is 17.1 Å². The van der Waals surface area contributed by atoms with Gasteiger partial charge in [-0.15, -0.1) is 0 Å². The Labute approximate surface area is 184 Å². The predicted octanol–water partition coefficient (Wildman–Crippen LogP) is 4.38. The molecule has 0 radical (unpaired) electrons. The predicted molar refractivity (Wildman–Crippen MR) is 118 cm³/mol. The van der Waals surface area contributed by atoms with Gasteiger partial charge in [0.2, 0.25) is 0 Å². The van der Waals surface area contributed by atoms with E-state index >= 15 is 0 Å². The minimum Gasteiger partial charge on any atom is -0.497 e. The number of phenolic OH excluding ortho intramolecular Hbond substituents is 1. The molecule has 2 aromatic carbocycles. The lowest BCUT2D eigenvalue weighted by Gasteiger charge is -2.35. The lowest BCUT2D eigenvalue weighted by atomic mass is 9.93. The van der Waals surface area contributed by atoms with Crippen molar-refractivity contribution in [3.05, 3.63) is 90.0 Å². The summed E-state index contributed by atoms with van der Waals surface area (Å²) in [5.74, 6) is -1.21. The number of non-ortho nitro benzene ring substituents is 1. The van der Waals surface area contributed by atoms with Crippen LogP contribution in [0.3, 0.4) is 0 Å². The number of hydrogen-bond acceptors (Lipinski definition) is 8. The van der Waals surface area contributed by atoms with Crippen LogP contribution in [0.1, 0.15) is 25.8 Å². The third-order valence-corrected chi connectivity index (χ3v) is 5.30. The van der Waals surface area contributed by atoms with Gasteiger partial charge in [-0.1, -0.05) is 42.0 Å². The number of nitro benzene ring substituents is 3. The van der Waals surface area contributed by atoms with Crippen LogP contribution in [0, 0.1) is 30.3 Å². The van der Waals surface area contributed by atoms with Crippen LogP contribution in [0.4, 0.5) is 17.1 Å². The summed E-state index contributed by atoms with van der Waals surface area (Å²) in [6.07, 6.45) is 4.74. The molecule has 1 heterocycles. The van der Waals surface area contributed by atoms with Gasteiger partial charge < -0.3 is 5.11 Å². The molecular formula is C21H24N4O7. The van der Waals surface area contributed by atoms with Crippen molar-refractivity contribution in [1.82, 2.24) is 4.90 Å². The summed E-state index contributed by atoms with van der Waals surface area (Å²) in [6.45, 7) is 4.59. The van der Waals surface area contributed by atoms with Crippen molar-refractivity contribution in [1.29, 1.82) is 0 Å². The molecule has 0 saturated carbocycles. The summed E-state index contributed by atoms with van der Waals surface area (Å²) in [6, 6.07) is 12.9. The molecule has 0 bridgehead atoms. The number of aromatic hydroxyl groups is 1. The first-order valence-corrected chi connectivity index (χ1v) is 9.76. The van der Waals surface area contributed by atoms with Gasteiger partial charge in [-0.25, -0.2) is 0 Å². The summed E-state index contributed by atoms with van der Waals surface area (Å²) in [5, 5.41) is 40.2. The van der Waals surface area contributed by atoms with Gasteiger partial charge in [-0.05, 0) is 39.3 Å². The van der Waals surface area contributed by atoms with Crippen LogP contribution in [0.15, 0.2) is 54.1 Å². The molecule has 1 N–H and O–H groups in total. The summed E-state index contributed by atoms with van der Waals surface area (Å²) in [4.78, 5) is 30.2. The van der Waals surface area contributed by atoms with E-state index in [-0.39, 0.29) is 0 Å². The van der Waals surface area contributed by atoms with E-state index in [0.717, 1.165) is 6.42 Å². The number of nitro groups is 3. The standard InChI is InChI=1S/C15H21N.C6H3N3O7/c1-12-9-15(10-13(2)16(12)3)11-14-7-5-4-6-8-14;10-6-4(8(13)14)1-3(7(11)12)2-5(6)9(15)16/h4-9,12-13H,10-11H2,1-3H3;1-2,10H. The molecule has 2 atom stereocenters. The molecule has 11 nitrogen and oxygen atoms in total. The third-order valence-electron chi connectivity index (χ3n) is 5.30. The Balaban J connectivity index is 0.000000227. The van der Waals surface area contributed by atoms with Crippen molar-refractivity contribution in [3.8, 4) is 5.75 Å². The largest absolute Gasteiger partial charge is 0.497 e. The Morgan fingerprint density at radius 2 is 1.50 bits per heavy atom. The second-order valence-electron chi connectivity index (χ2n) is 7.55. The number of nitrogens with zero attached hydrogens (tertiary/aromatic N) is 4. The topological polar surface area (TPSA) is 153 Å². The highest BCUT2D eigenvalue weighted by molar-refractivity contribution is 5.64. The Kier molecular flexibility index (Phi) is 7.97. The van der Waals surface area contributed by atoms with Gasteiger partial charge >= 0.3 is 11.4 Å². The summed E-state index contributed by atoms with van der Waals surface area (Å²) in [5.41, 5.74) is 0.0139. The maximum atomic E-state index is 10.4. The fourth-order valence-electron chi connectivity index (χ4n) is 3.41. The molecule has 2 aromatic rings. The maximum Gasteiger partial charge on any atom is 0.324 e. The molecule has 2 unspecified atom stereocenters. The average molecular weight is 444 g/mol.